The molecule has 0 aliphatic carbocycles. The molecule has 0 atom stereocenters. The van der Waals surface area contributed by atoms with Gasteiger partial charge in [-0.15, -0.1) is 11.8 Å². The van der Waals surface area contributed by atoms with E-state index >= 15 is 0 Å². The first-order valence-corrected chi connectivity index (χ1v) is 13.6. The number of ether oxygens (including phenoxy) is 1. The molecule has 3 heterocycles. The van der Waals surface area contributed by atoms with E-state index in [1.807, 2.05) is 18.2 Å². The van der Waals surface area contributed by atoms with Crippen LogP contribution in [0.5, 0.6) is 17.2 Å². The van der Waals surface area contributed by atoms with Gasteiger partial charge in [0.2, 0.25) is 0 Å². The highest BCUT2D eigenvalue weighted by molar-refractivity contribution is 7.98. The van der Waals surface area contributed by atoms with Crippen LogP contribution in [0.15, 0.2) is 115 Å². The second-order valence-corrected chi connectivity index (χ2v) is 10.3. The van der Waals surface area contributed by atoms with Crippen molar-refractivity contribution in [1.82, 2.24) is 4.98 Å². The van der Waals surface area contributed by atoms with Crippen molar-refractivity contribution in [3.63, 3.8) is 0 Å². The minimum atomic E-state index is -1.23. The third-order valence-electron chi connectivity index (χ3n) is 6.87. The Morgan fingerprint density at radius 1 is 0.805 bits per heavy atom. The van der Waals surface area contributed by atoms with Crippen LogP contribution in [0, 0.1) is 0 Å². The molecule has 2 N–H and O–H groups in total. The molecule has 8 nitrogen and oxygen atoms in total. The van der Waals surface area contributed by atoms with Gasteiger partial charge in [-0.2, -0.15) is 0 Å². The molecule has 0 aliphatic rings. The fourth-order valence-corrected chi connectivity index (χ4v) is 5.80. The number of thioether (sulfide) groups is 1. The number of fused-ring (bicyclic) bond motifs is 2. The Morgan fingerprint density at radius 2 is 1.39 bits per heavy atom. The van der Waals surface area contributed by atoms with E-state index in [4.69, 9.17) is 13.6 Å². The number of aromatic hydroxyl groups is 2. The number of methoxy groups -OCH3 is 1. The third kappa shape index (κ3) is 4.81. The highest BCUT2D eigenvalue weighted by atomic mass is 32.2. The lowest BCUT2D eigenvalue weighted by atomic mass is 9.84. The summed E-state index contributed by atoms with van der Waals surface area (Å²) in [4.78, 5) is 31.3. The van der Waals surface area contributed by atoms with Gasteiger partial charge in [-0.1, -0.05) is 42.5 Å². The minimum absolute atomic E-state index is 0.189. The van der Waals surface area contributed by atoms with Gasteiger partial charge in [0, 0.05) is 17.5 Å². The summed E-state index contributed by atoms with van der Waals surface area (Å²) in [5, 5.41) is 24.2. The second kappa shape index (κ2) is 10.9. The van der Waals surface area contributed by atoms with E-state index in [1.54, 1.807) is 80.0 Å². The molecule has 6 aromatic rings. The zero-order chi connectivity index (χ0) is 28.5. The average Bonchev–Trinajstić information content (AvgIpc) is 2.99. The molecular weight excluding hydrogens is 542 g/mol. The lowest BCUT2D eigenvalue weighted by Crippen LogP contribution is -2.21. The molecule has 3 aromatic carbocycles. The molecule has 0 fully saturated rings. The normalized spacial score (nSPS) is 11.4. The zero-order valence-corrected chi connectivity index (χ0v) is 22.6. The first-order chi connectivity index (χ1) is 20.0. The smallest absolute Gasteiger partial charge is 0.344 e. The Kier molecular flexibility index (Phi) is 6.94. The van der Waals surface area contributed by atoms with Crippen molar-refractivity contribution < 1.29 is 23.8 Å². The number of pyridine rings is 1. The molecule has 0 spiro atoms. The van der Waals surface area contributed by atoms with E-state index in [0.29, 0.717) is 17.1 Å². The topological polar surface area (TPSA) is 123 Å². The molecule has 3 aromatic heterocycles. The second-order valence-electron chi connectivity index (χ2n) is 9.26. The van der Waals surface area contributed by atoms with E-state index in [1.165, 1.54) is 11.8 Å². The molecule has 0 saturated heterocycles. The Hall–Kier alpha value is -5.02. The lowest BCUT2D eigenvalue weighted by molar-refractivity contribution is 0.411. The number of hydrogen-bond acceptors (Lipinski definition) is 9. The molecule has 0 amide bonds. The Labute approximate surface area is 237 Å². The van der Waals surface area contributed by atoms with E-state index in [-0.39, 0.29) is 44.6 Å². The number of para-hydroxylation sites is 2. The van der Waals surface area contributed by atoms with Crippen molar-refractivity contribution in [2.24, 2.45) is 0 Å². The van der Waals surface area contributed by atoms with E-state index in [2.05, 4.69) is 4.98 Å². The van der Waals surface area contributed by atoms with Gasteiger partial charge in [0.1, 0.15) is 28.4 Å². The fraction of sp³-hybridized carbons (Fsp3) is 0.0938. The molecule has 6 rings (SSSR count). The largest absolute Gasteiger partial charge is 0.507 e. The van der Waals surface area contributed by atoms with Crippen molar-refractivity contribution in [2.45, 2.75) is 16.7 Å². The van der Waals surface area contributed by atoms with Gasteiger partial charge >= 0.3 is 11.3 Å². The molecule has 0 radical (unpaired) electrons. The number of hydrogen-bond donors (Lipinski definition) is 2. The highest BCUT2D eigenvalue weighted by Gasteiger charge is 2.33. The minimum Gasteiger partial charge on any atom is -0.507 e. The van der Waals surface area contributed by atoms with Gasteiger partial charge in [0.25, 0.3) is 0 Å². The van der Waals surface area contributed by atoms with Crippen molar-refractivity contribution in [3.8, 4) is 17.2 Å². The zero-order valence-electron chi connectivity index (χ0n) is 21.7. The Morgan fingerprint density at radius 3 is 1.95 bits per heavy atom. The number of nitrogens with zero attached hydrogens (tertiary/aromatic N) is 1. The maximum Gasteiger partial charge on any atom is 0.344 e. The molecule has 9 heteroatoms. The van der Waals surface area contributed by atoms with Crippen molar-refractivity contribution >= 4 is 33.7 Å². The Balaban J connectivity index is 1.61. The van der Waals surface area contributed by atoms with Crippen LogP contribution in [0.1, 0.15) is 28.2 Å². The van der Waals surface area contributed by atoms with Crippen LogP contribution >= 0.6 is 11.8 Å². The van der Waals surface area contributed by atoms with Crippen LogP contribution in [-0.4, -0.2) is 22.3 Å². The number of benzene rings is 3. The summed E-state index contributed by atoms with van der Waals surface area (Å²) >= 11 is 1.48. The highest BCUT2D eigenvalue weighted by Crippen LogP contribution is 2.43. The van der Waals surface area contributed by atoms with Crippen molar-refractivity contribution in [2.75, 3.05) is 7.11 Å². The lowest BCUT2D eigenvalue weighted by Gasteiger charge is -2.21. The summed E-state index contributed by atoms with van der Waals surface area (Å²) in [5.74, 6) is -0.901. The molecule has 204 valence electrons. The number of rotatable bonds is 7. The van der Waals surface area contributed by atoms with E-state index < -0.39 is 17.2 Å². The van der Waals surface area contributed by atoms with Gasteiger partial charge < -0.3 is 23.8 Å². The third-order valence-corrected chi connectivity index (χ3v) is 7.86. The van der Waals surface area contributed by atoms with Crippen LogP contribution < -0.4 is 16.0 Å². The molecular formula is C32H23NO7S. The number of aromatic nitrogens is 1. The Bertz CT molecular complexity index is 1920. The summed E-state index contributed by atoms with van der Waals surface area (Å²) in [6, 6.07) is 23.9. The summed E-state index contributed by atoms with van der Waals surface area (Å²) in [5.41, 5.74) is -0.524. The molecule has 0 aliphatic heterocycles. The maximum absolute atomic E-state index is 13.5. The van der Waals surface area contributed by atoms with Crippen LogP contribution in [0.3, 0.4) is 0 Å². The van der Waals surface area contributed by atoms with E-state index in [0.717, 1.165) is 10.6 Å². The summed E-state index contributed by atoms with van der Waals surface area (Å²) in [6.45, 7) is 0. The van der Waals surface area contributed by atoms with E-state index in [9.17, 15) is 19.8 Å². The van der Waals surface area contributed by atoms with Gasteiger partial charge in [-0.25, -0.2) is 14.6 Å². The van der Waals surface area contributed by atoms with Gasteiger partial charge in [-0.3, -0.25) is 0 Å². The predicted molar refractivity (Wildman–Crippen MR) is 156 cm³/mol. The van der Waals surface area contributed by atoms with Crippen LogP contribution in [0.2, 0.25) is 0 Å². The maximum atomic E-state index is 13.5. The van der Waals surface area contributed by atoms with Gasteiger partial charge in [0.15, 0.2) is 0 Å². The van der Waals surface area contributed by atoms with Gasteiger partial charge in [-0.05, 0) is 48.0 Å². The van der Waals surface area contributed by atoms with Gasteiger partial charge in [0.05, 0.1) is 40.0 Å². The van der Waals surface area contributed by atoms with Crippen LogP contribution in [0.25, 0.3) is 21.9 Å². The standard InChI is InChI=1S/C32H23NO7S/c1-38-22-14-13-18(16-19(22)17-41-25-12-6-7-15-33-25)26(27-29(34)20-8-2-4-10-23(20)39-31(27)36)28-30(35)21-9-3-5-11-24(21)40-32(28)37/h2-16,26,34-35H,17H2,1H3. The summed E-state index contributed by atoms with van der Waals surface area (Å²) in [6.07, 6.45) is 1.70. The monoisotopic (exact) mass is 565 g/mol. The first-order valence-electron chi connectivity index (χ1n) is 12.7. The summed E-state index contributed by atoms with van der Waals surface area (Å²) < 4.78 is 16.8. The van der Waals surface area contributed by atoms with Crippen LogP contribution in [0.4, 0.5) is 0 Å². The predicted octanol–water partition coefficient (Wildman–Crippen LogP) is 6.19. The fourth-order valence-electron chi connectivity index (χ4n) is 4.96. The SMILES string of the molecule is COc1ccc(C(c2c(O)c3ccccc3oc2=O)c2c(O)c3ccccc3oc2=O)cc1CSc1ccccn1. The summed E-state index contributed by atoms with van der Waals surface area (Å²) in [7, 11) is 1.55. The molecule has 0 bridgehead atoms. The quantitative estimate of drug-likeness (QED) is 0.172. The molecule has 0 unspecified atom stereocenters. The molecule has 41 heavy (non-hydrogen) atoms. The first kappa shape index (κ1) is 26.2. The van der Waals surface area contributed by atoms with Crippen LogP contribution in [-0.2, 0) is 5.75 Å². The molecule has 0 saturated carbocycles. The van der Waals surface area contributed by atoms with Crippen molar-refractivity contribution in [1.29, 1.82) is 0 Å². The van der Waals surface area contributed by atoms with Crippen molar-refractivity contribution in [3.05, 3.63) is 134 Å². The average molecular weight is 566 g/mol.